The van der Waals surface area contributed by atoms with Gasteiger partial charge >= 0.3 is 5.97 Å². The van der Waals surface area contributed by atoms with Gasteiger partial charge < -0.3 is 16.2 Å². The number of nitrogens with one attached hydrogen (secondary N) is 1. The van der Waals surface area contributed by atoms with Crippen LogP contribution in [0.15, 0.2) is 0 Å². The zero-order chi connectivity index (χ0) is 12.8. The van der Waals surface area contributed by atoms with Crippen LogP contribution in [-0.4, -0.2) is 28.6 Å². The minimum absolute atomic E-state index is 0.404. The third-order valence-electron chi connectivity index (χ3n) is 2.70. The second-order valence-corrected chi connectivity index (χ2v) is 4.28. The molecule has 0 heterocycles. The van der Waals surface area contributed by atoms with Crippen molar-refractivity contribution in [2.45, 2.75) is 58.0 Å². The molecule has 4 N–H and O–H groups in total. The lowest BCUT2D eigenvalue weighted by Crippen LogP contribution is -2.55. The minimum atomic E-state index is -1.01. The number of unbranched alkanes of at least 4 members (excludes halogenated alkanes) is 1. The number of hydrogen-bond acceptors (Lipinski definition) is 3. The molecule has 0 aromatic heterocycles. The molecule has 0 aliphatic heterocycles. The maximum atomic E-state index is 11.7. The first kappa shape index (κ1) is 14.9. The first-order valence-corrected chi connectivity index (χ1v) is 5.67. The van der Waals surface area contributed by atoms with Gasteiger partial charge in [-0.25, -0.2) is 4.79 Å². The van der Waals surface area contributed by atoms with Gasteiger partial charge in [-0.2, -0.15) is 0 Å². The standard InChI is InChI=1S/C11H22N2O3/c1-4-6-7-8(9(14)15)13-10(16)11(3,12)5-2/h8H,4-7,12H2,1-3H3,(H,13,16)(H,14,15). The Hall–Kier alpha value is -1.10. The summed E-state index contributed by atoms with van der Waals surface area (Å²) in [6, 6.07) is -0.832. The van der Waals surface area contributed by atoms with Crippen molar-refractivity contribution in [3.8, 4) is 0 Å². The van der Waals surface area contributed by atoms with Crippen LogP contribution >= 0.6 is 0 Å². The van der Waals surface area contributed by atoms with E-state index >= 15 is 0 Å². The molecule has 16 heavy (non-hydrogen) atoms. The van der Waals surface area contributed by atoms with Crippen molar-refractivity contribution < 1.29 is 14.7 Å². The summed E-state index contributed by atoms with van der Waals surface area (Å²) in [5.74, 6) is -1.41. The average molecular weight is 230 g/mol. The van der Waals surface area contributed by atoms with Gasteiger partial charge in [0.25, 0.3) is 0 Å². The molecule has 1 amide bonds. The lowest BCUT2D eigenvalue weighted by atomic mass is 9.98. The summed E-state index contributed by atoms with van der Waals surface area (Å²) in [6.45, 7) is 5.36. The van der Waals surface area contributed by atoms with Gasteiger partial charge in [0, 0.05) is 0 Å². The second kappa shape index (κ2) is 6.48. The molecular weight excluding hydrogens is 208 g/mol. The molecule has 5 nitrogen and oxygen atoms in total. The molecule has 2 atom stereocenters. The number of nitrogens with two attached hydrogens (primary N) is 1. The van der Waals surface area contributed by atoms with Gasteiger partial charge in [-0.1, -0.05) is 26.7 Å². The second-order valence-electron chi connectivity index (χ2n) is 4.28. The molecular formula is C11H22N2O3. The zero-order valence-electron chi connectivity index (χ0n) is 10.2. The summed E-state index contributed by atoms with van der Waals surface area (Å²) in [5.41, 5.74) is 4.73. The topological polar surface area (TPSA) is 92.4 Å². The summed E-state index contributed by atoms with van der Waals surface area (Å²) < 4.78 is 0. The fraction of sp³-hybridized carbons (Fsp3) is 0.818. The van der Waals surface area contributed by atoms with Crippen LogP contribution < -0.4 is 11.1 Å². The van der Waals surface area contributed by atoms with Crippen molar-refractivity contribution in [1.29, 1.82) is 0 Å². The molecule has 0 radical (unpaired) electrons. The van der Waals surface area contributed by atoms with Gasteiger partial charge in [0.15, 0.2) is 0 Å². The summed E-state index contributed by atoms with van der Waals surface area (Å²) in [4.78, 5) is 22.6. The molecule has 5 heteroatoms. The van der Waals surface area contributed by atoms with Gasteiger partial charge in [-0.15, -0.1) is 0 Å². The number of aliphatic carboxylic acids is 1. The predicted molar refractivity (Wildman–Crippen MR) is 62.0 cm³/mol. The molecule has 0 aromatic carbocycles. The molecule has 0 aliphatic rings. The normalized spacial score (nSPS) is 16.2. The van der Waals surface area contributed by atoms with Crippen LogP contribution in [0.3, 0.4) is 0 Å². The van der Waals surface area contributed by atoms with E-state index in [4.69, 9.17) is 10.8 Å². The van der Waals surface area contributed by atoms with Crippen molar-refractivity contribution in [3.63, 3.8) is 0 Å². The van der Waals surface area contributed by atoms with Gasteiger partial charge in [-0.3, -0.25) is 4.79 Å². The average Bonchev–Trinajstić information content (AvgIpc) is 2.23. The number of carboxylic acid groups (broad SMARTS) is 1. The number of rotatable bonds is 7. The maximum absolute atomic E-state index is 11.7. The van der Waals surface area contributed by atoms with Crippen LogP contribution in [0.4, 0.5) is 0 Å². The van der Waals surface area contributed by atoms with E-state index in [1.165, 1.54) is 0 Å². The van der Waals surface area contributed by atoms with Crippen molar-refractivity contribution in [1.82, 2.24) is 5.32 Å². The maximum Gasteiger partial charge on any atom is 0.326 e. The molecule has 0 rings (SSSR count). The Labute approximate surface area is 96.4 Å². The van der Waals surface area contributed by atoms with Gasteiger partial charge in [0.1, 0.15) is 6.04 Å². The van der Waals surface area contributed by atoms with E-state index in [1.54, 1.807) is 13.8 Å². The number of carbonyl (C=O) groups is 2. The van der Waals surface area contributed by atoms with Gasteiger partial charge in [-0.05, 0) is 19.8 Å². The zero-order valence-corrected chi connectivity index (χ0v) is 10.2. The Kier molecular flexibility index (Phi) is 6.03. The highest BCUT2D eigenvalue weighted by atomic mass is 16.4. The van der Waals surface area contributed by atoms with Gasteiger partial charge in [0.2, 0.25) is 5.91 Å². The quantitative estimate of drug-likeness (QED) is 0.605. The molecule has 0 spiro atoms. The molecule has 0 saturated carbocycles. The highest BCUT2D eigenvalue weighted by Gasteiger charge is 2.29. The van der Waals surface area contributed by atoms with E-state index in [2.05, 4.69) is 5.32 Å². The Morgan fingerprint density at radius 3 is 2.38 bits per heavy atom. The minimum Gasteiger partial charge on any atom is -0.480 e. The predicted octanol–water partition coefficient (Wildman–Crippen LogP) is 0.873. The van der Waals surface area contributed by atoms with Crippen molar-refractivity contribution in [2.24, 2.45) is 5.73 Å². The lowest BCUT2D eigenvalue weighted by molar-refractivity contribution is -0.142. The van der Waals surface area contributed by atoms with E-state index in [-0.39, 0.29) is 0 Å². The van der Waals surface area contributed by atoms with E-state index in [9.17, 15) is 9.59 Å². The van der Waals surface area contributed by atoms with Crippen LogP contribution in [0.25, 0.3) is 0 Å². The van der Waals surface area contributed by atoms with E-state index in [0.29, 0.717) is 12.8 Å². The highest BCUT2D eigenvalue weighted by Crippen LogP contribution is 2.07. The lowest BCUT2D eigenvalue weighted by Gasteiger charge is -2.24. The number of carboxylic acids is 1. The van der Waals surface area contributed by atoms with Crippen LogP contribution in [0.2, 0.25) is 0 Å². The van der Waals surface area contributed by atoms with Gasteiger partial charge in [0.05, 0.1) is 5.54 Å². The van der Waals surface area contributed by atoms with Crippen molar-refractivity contribution in [3.05, 3.63) is 0 Å². The smallest absolute Gasteiger partial charge is 0.326 e. The summed E-state index contributed by atoms with van der Waals surface area (Å²) in [5, 5.41) is 11.4. The molecule has 0 aromatic rings. The van der Waals surface area contributed by atoms with E-state index in [0.717, 1.165) is 12.8 Å². The Morgan fingerprint density at radius 1 is 1.44 bits per heavy atom. The first-order chi connectivity index (χ1) is 7.35. The van der Waals surface area contributed by atoms with Crippen molar-refractivity contribution in [2.75, 3.05) is 0 Å². The summed E-state index contributed by atoms with van der Waals surface area (Å²) >= 11 is 0. The fourth-order valence-corrected chi connectivity index (χ4v) is 1.15. The molecule has 0 saturated heterocycles. The van der Waals surface area contributed by atoms with E-state index in [1.807, 2.05) is 6.92 Å². The number of amides is 1. The number of carbonyl (C=O) groups excluding carboxylic acids is 1. The fourth-order valence-electron chi connectivity index (χ4n) is 1.15. The number of hydrogen-bond donors (Lipinski definition) is 3. The molecule has 94 valence electrons. The monoisotopic (exact) mass is 230 g/mol. The van der Waals surface area contributed by atoms with Crippen molar-refractivity contribution >= 4 is 11.9 Å². The van der Waals surface area contributed by atoms with Crippen LogP contribution in [-0.2, 0) is 9.59 Å². The Bertz CT molecular complexity index is 252. The summed E-state index contributed by atoms with van der Waals surface area (Å²) in [6.07, 6.45) is 2.58. The highest BCUT2D eigenvalue weighted by molar-refractivity contribution is 5.89. The Balaban J connectivity index is 4.40. The molecule has 0 bridgehead atoms. The summed E-state index contributed by atoms with van der Waals surface area (Å²) in [7, 11) is 0. The third kappa shape index (κ3) is 4.61. The molecule has 0 fully saturated rings. The third-order valence-corrected chi connectivity index (χ3v) is 2.70. The van der Waals surface area contributed by atoms with Crippen LogP contribution in [0.5, 0.6) is 0 Å². The van der Waals surface area contributed by atoms with Crippen LogP contribution in [0.1, 0.15) is 46.5 Å². The Morgan fingerprint density at radius 2 is 2.00 bits per heavy atom. The molecule has 0 aliphatic carbocycles. The molecule has 2 unspecified atom stereocenters. The SMILES string of the molecule is CCCCC(NC(=O)C(C)(N)CC)C(=O)O. The first-order valence-electron chi connectivity index (χ1n) is 5.67. The largest absolute Gasteiger partial charge is 0.480 e. The van der Waals surface area contributed by atoms with E-state index < -0.39 is 23.5 Å². The van der Waals surface area contributed by atoms with Crippen LogP contribution in [0, 0.1) is 0 Å².